The third-order valence-corrected chi connectivity index (χ3v) is 5.30. The van der Waals surface area contributed by atoms with Crippen LogP contribution in [-0.4, -0.2) is 29.3 Å². The summed E-state index contributed by atoms with van der Waals surface area (Å²) in [4.78, 5) is 38.6. The summed E-state index contributed by atoms with van der Waals surface area (Å²) in [6, 6.07) is 11.2. The third kappa shape index (κ3) is 4.06. The Morgan fingerprint density at radius 2 is 1.77 bits per heavy atom. The van der Waals surface area contributed by atoms with Crippen molar-refractivity contribution in [3.8, 4) is 0 Å². The molecule has 158 valence electrons. The number of hydrogen-bond donors (Lipinski definition) is 2. The van der Waals surface area contributed by atoms with Crippen LogP contribution in [0.25, 0.3) is 0 Å². The van der Waals surface area contributed by atoms with Gasteiger partial charge in [0.1, 0.15) is 17.9 Å². The molecule has 1 heterocycles. The lowest BCUT2D eigenvalue weighted by Gasteiger charge is -2.24. The third-order valence-electron chi connectivity index (χ3n) is 5.30. The van der Waals surface area contributed by atoms with Crippen LogP contribution in [0.4, 0.5) is 14.9 Å². The Kier molecular flexibility index (Phi) is 5.41. The molecular weight excluding hydrogens is 385 g/mol. The Balaban J connectivity index is 1.76. The second kappa shape index (κ2) is 7.55. The van der Waals surface area contributed by atoms with Crippen LogP contribution in [0.2, 0.25) is 0 Å². The van der Waals surface area contributed by atoms with Crippen molar-refractivity contribution in [1.82, 2.24) is 10.2 Å². The first-order chi connectivity index (χ1) is 13.9. The number of rotatable bonds is 4. The van der Waals surface area contributed by atoms with Gasteiger partial charge in [0.25, 0.3) is 5.91 Å². The second-order valence-corrected chi connectivity index (χ2v) is 8.81. The first-order valence-corrected chi connectivity index (χ1v) is 9.73. The molecule has 3 rings (SSSR count). The molecule has 2 aromatic rings. The van der Waals surface area contributed by atoms with Gasteiger partial charge in [-0.25, -0.2) is 9.18 Å². The van der Waals surface area contributed by atoms with Crippen molar-refractivity contribution >= 4 is 23.5 Å². The number of amides is 4. The number of anilines is 1. The minimum Gasteiger partial charge on any atom is -0.322 e. The Morgan fingerprint density at radius 1 is 1.13 bits per heavy atom. The van der Waals surface area contributed by atoms with E-state index in [4.69, 9.17) is 0 Å². The van der Waals surface area contributed by atoms with Gasteiger partial charge in [-0.15, -0.1) is 0 Å². The van der Waals surface area contributed by atoms with Crippen molar-refractivity contribution in [3.05, 3.63) is 65.0 Å². The molecule has 30 heavy (non-hydrogen) atoms. The zero-order valence-corrected chi connectivity index (χ0v) is 17.8. The number of hydrogen-bond acceptors (Lipinski definition) is 3. The minimum absolute atomic E-state index is 0.00168. The van der Waals surface area contributed by atoms with Crippen LogP contribution in [0.3, 0.4) is 0 Å². The Labute approximate surface area is 175 Å². The molecular formula is C23H26FN3O3. The first-order valence-electron chi connectivity index (χ1n) is 9.73. The average Bonchev–Trinajstić information content (AvgIpc) is 2.87. The van der Waals surface area contributed by atoms with Crippen molar-refractivity contribution in [2.24, 2.45) is 0 Å². The average molecular weight is 411 g/mol. The topological polar surface area (TPSA) is 78.5 Å². The molecule has 1 aliphatic rings. The van der Waals surface area contributed by atoms with Crippen LogP contribution < -0.4 is 10.6 Å². The van der Waals surface area contributed by atoms with E-state index in [-0.39, 0.29) is 11.1 Å². The highest BCUT2D eigenvalue weighted by molar-refractivity contribution is 6.10. The summed E-state index contributed by atoms with van der Waals surface area (Å²) in [6.45, 7) is 9.09. The summed E-state index contributed by atoms with van der Waals surface area (Å²) in [5.74, 6) is -1.77. The SMILES string of the molecule is Cc1ccc(NC(=O)CN2C(=O)NC(C)(c3ccc(C(C)(C)C)cc3)C2=O)c(F)c1. The largest absolute Gasteiger partial charge is 0.325 e. The number of carbonyl (C=O) groups excluding carboxylic acids is 3. The molecule has 2 aromatic carbocycles. The summed E-state index contributed by atoms with van der Waals surface area (Å²) in [7, 11) is 0. The molecule has 0 spiro atoms. The van der Waals surface area contributed by atoms with Crippen molar-refractivity contribution in [3.63, 3.8) is 0 Å². The molecule has 0 bridgehead atoms. The van der Waals surface area contributed by atoms with E-state index in [0.29, 0.717) is 11.1 Å². The van der Waals surface area contributed by atoms with Gasteiger partial charge in [-0.3, -0.25) is 14.5 Å². The molecule has 0 saturated carbocycles. The fourth-order valence-corrected chi connectivity index (χ4v) is 3.39. The van der Waals surface area contributed by atoms with E-state index in [1.165, 1.54) is 12.1 Å². The predicted molar refractivity (Wildman–Crippen MR) is 113 cm³/mol. The van der Waals surface area contributed by atoms with Crippen molar-refractivity contribution in [2.75, 3.05) is 11.9 Å². The number of nitrogens with zero attached hydrogens (tertiary/aromatic N) is 1. The van der Waals surface area contributed by atoms with E-state index in [2.05, 4.69) is 31.4 Å². The van der Waals surface area contributed by atoms with Gasteiger partial charge < -0.3 is 10.6 Å². The van der Waals surface area contributed by atoms with Gasteiger partial charge in [0.05, 0.1) is 5.69 Å². The van der Waals surface area contributed by atoms with Gasteiger partial charge in [0.15, 0.2) is 0 Å². The molecule has 1 unspecified atom stereocenters. The summed E-state index contributed by atoms with van der Waals surface area (Å²) in [6.07, 6.45) is 0. The highest BCUT2D eigenvalue weighted by atomic mass is 19.1. The van der Waals surface area contributed by atoms with Gasteiger partial charge in [-0.05, 0) is 48.1 Å². The fraction of sp³-hybridized carbons (Fsp3) is 0.348. The van der Waals surface area contributed by atoms with Crippen molar-refractivity contribution in [1.29, 1.82) is 0 Å². The van der Waals surface area contributed by atoms with Gasteiger partial charge >= 0.3 is 6.03 Å². The number of benzene rings is 2. The highest BCUT2D eigenvalue weighted by Gasteiger charge is 2.49. The number of imide groups is 1. The van der Waals surface area contributed by atoms with Gasteiger partial charge in [0, 0.05) is 0 Å². The zero-order chi connectivity index (χ0) is 22.3. The predicted octanol–water partition coefficient (Wildman–Crippen LogP) is 3.84. The molecule has 1 aliphatic heterocycles. The minimum atomic E-state index is -1.27. The van der Waals surface area contributed by atoms with Gasteiger partial charge in [-0.1, -0.05) is 51.1 Å². The number of nitrogens with one attached hydrogen (secondary N) is 2. The van der Waals surface area contributed by atoms with Gasteiger partial charge in [0.2, 0.25) is 5.91 Å². The van der Waals surface area contributed by atoms with E-state index in [9.17, 15) is 18.8 Å². The number of carbonyl (C=O) groups is 3. The van der Waals surface area contributed by atoms with Crippen LogP contribution in [0, 0.1) is 12.7 Å². The zero-order valence-electron chi connectivity index (χ0n) is 17.8. The van der Waals surface area contributed by atoms with E-state index >= 15 is 0 Å². The molecule has 0 radical (unpaired) electrons. The lowest BCUT2D eigenvalue weighted by Crippen LogP contribution is -2.42. The quantitative estimate of drug-likeness (QED) is 0.751. The highest BCUT2D eigenvalue weighted by Crippen LogP contribution is 2.31. The summed E-state index contributed by atoms with van der Waals surface area (Å²) in [5.41, 5.74) is 1.12. The van der Waals surface area contributed by atoms with Crippen LogP contribution in [0.1, 0.15) is 44.4 Å². The van der Waals surface area contributed by atoms with Gasteiger partial charge in [-0.2, -0.15) is 0 Å². The van der Waals surface area contributed by atoms with Crippen molar-refractivity contribution < 1.29 is 18.8 Å². The van der Waals surface area contributed by atoms with E-state index in [1.54, 1.807) is 19.9 Å². The van der Waals surface area contributed by atoms with E-state index in [0.717, 1.165) is 10.5 Å². The maximum Gasteiger partial charge on any atom is 0.325 e. The van der Waals surface area contributed by atoms with Crippen LogP contribution in [-0.2, 0) is 20.5 Å². The molecule has 6 nitrogen and oxygen atoms in total. The summed E-state index contributed by atoms with van der Waals surface area (Å²) in [5, 5.41) is 5.08. The molecule has 0 aromatic heterocycles. The molecule has 1 atom stereocenters. The smallest absolute Gasteiger partial charge is 0.322 e. The molecule has 0 aliphatic carbocycles. The van der Waals surface area contributed by atoms with E-state index < -0.39 is 35.7 Å². The Hall–Kier alpha value is -3.22. The van der Waals surface area contributed by atoms with Crippen LogP contribution in [0.5, 0.6) is 0 Å². The first kappa shape index (κ1) is 21.5. The second-order valence-electron chi connectivity index (χ2n) is 8.81. The molecule has 1 fully saturated rings. The summed E-state index contributed by atoms with van der Waals surface area (Å²) >= 11 is 0. The van der Waals surface area contributed by atoms with E-state index in [1.807, 2.05) is 24.3 Å². The molecule has 7 heteroatoms. The van der Waals surface area contributed by atoms with Crippen LogP contribution >= 0.6 is 0 Å². The van der Waals surface area contributed by atoms with Crippen molar-refractivity contribution in [2.45, 2.75) is 45.6 Å². The normalized spacial score (nSPS) is 19.1. The molecule has 2 N–H and O–H groups in total. The monoisotopic (exact) mass is 411 g/mol. The maximum absolute atomic E-state index is 14.0. The summed E-state index contributed by atoms with van der Waals surface area (Å²) < 4.78 is 14.0. The Morgan fingerprint density at radius 3 is 2.33 bits per heavy atom. The maximum atomic E-state index is 14.0. The standard InChI is InChI=1S/C23H26FN3O3/c1-14-6-11-18(17(24)12-14)25-19(28)13-27-20(29)23(5,26-21(27)30)16-9-7-15(8-10-16)22(2,3)4/h6-12H,13H2,1-5H3,(H,25,28)(H,26,30). The van der Waals surface area contributed by atoms with Crippen LogP contribution in [0.15, 0.2) is 42.5 Å². The number of aryl methyl sites for hydroxylation is 1. The Bertz CT molecular complexity index is 1010. The lowest BCUT2D eigenvalue weighted by atomic mass is 9.84. The molecule has 1 saturated heterocycles. The fourth-order valence-electron chi connectivity index (χ4n) is 3.39. The molecule has 4 amide bonds. The number of urea groups is 1. The lowest BCUT2D eigenvalue weighted by molar-refractivity contribution is -0.133. The number of halogens is 1.